The molecule has 1 saturated heterocycles. The van der Waals surface area contributed by atoms with Crippen LogP contribution in [0, 0.1) is 5.92 Å². The molecule has 4 unspecified atom stereocenters. The maximum Gasteiger partial charge on any atom is 0.328 e. The lowest BCUT2D eigenvalue weighted by Crippen LogP contribution is -2.44. The van der Waals surface area contributed by atoms with Gasteiger partial charge in [-0.15, -0.1) is 0 Å². The van der Waals surface area contributed by atoms with Crippen molar-refractivity contribution in [3.63, 3.8) is 0 Å². The lowest BCUT2D eigenvalue weighted by molar-refractivity contribution is -0.151. The largest absolute Gasteiger partial charge is 0.467 e. The van der Waals surface area contributed by atoms with E-state index in [1.807, 2.05) is 60.7 Å². The number of ether oxygens (including phenoxy) is 1. The van der Waals surface area contributed by atoms with Gasteiger partial charge >= 0.3 is 5.97 Å². The van der Waals surface area contributed by atoms with Crippen LogP contribution in [-0.4, -0.2) is 61.0 Å². The molecular weight excluding hydrogens is 448 g/mol. The zero-order chi connectivity index (χ0) is 25.1. The van der Waals surface area contributed by atoms with Gasteiger partial charge in [0, 0.05) is 19.1 Å². The highest BCUT2D eigenvalue weighted by atomic mass is 16.5. The van der Waals surface area contributed by atoms with Crippen molar-refractivity contribution in [1.82, 2.24) is 9.80 Å². The van der Waals surface area contributed by atoms with Crippen molar-refractivity contribution in [2.75, 3.05) is 27.2 Å². The Hall–Kier alpha value is -3.44. The number of carbonyl (C=O) groups excluding carboxylic acids is 2. The Morgan fingerprint density at radius 2 is 1.44 bits per heavy atom. The number of hydrogen-bond donors (Lipinski definition) is 0. The molecule has 186 valence electrons. The monoisotopic (exact) mass is 482 g/mol. The molecule has 1 saturated carbocycles. The molecule has 2 fully saturated rings. The summed E-state index contributed by atoms with van der Waals surface area (Å²) in [5.74, 6) is 0.361. The highest BCUT2D eigenvalue weighted by molar-refractivity contribution is 5.91. The highest BCUT2D eigenvalue weighted by Gasteiger charge is 2.46. The van der Waals surface area contributed by atoms with Gasteiger partial charge in [0.2, 0.25) is 5.91 Å². The summed E-state index contributed by atoms with van der Waals surface area (Å²) in [4.78, 5) is 31.1. The van der Waals surface area contributed by atoms with Crippen molar-refractivity contribution in [2.24, 2.45) is 5.92 Å². The van der Waals surface area contributed by atoms with Crippen molar-refractivity contribution in [1.29, 1.82) is 0 Å². The van der Waals surface area contributed by atoms with E-state index in [-0.39, 0.29) is 17.9 Å². The van der Waals surface area contributed by atoms with E-state index in [9.17, 15) is 9.59 Å². The van der Waals surface area contributed by atoms with E-state index in [0.29, 0.717) is 24.8 Å². The number of likely N-dealkylation sites (N-methyl/N-ethyl adjacent to an activating group) is 1. The Morgan fingerprint density at radius 3 is 2.00 bits per heavy atom. The van der Waals surface area contributed by atoms with Gasteiger partial charge in [0.25, 0.3) is 0 Å². The molecule has 1 aliphatic heterocycles. The lowest BCUT2D eigenvalue weighted by atomic mass is 9.90. The van der Waals surface area contributed by atoms with E-state index in [0.717, 1.165) is 17.7 Å². The molecule has 5 rings (SSSR count). The Morgan fingerprint density at radius 1 is 0.889 bits per heavy atom. The van der Waals surface area contributed by atoms with E-state index >= 15 is 0 Å². The molecule has 5 nitrogen and oxygen atoms in total. The quantitative estimate of drug-likeness (QED) is 0.437. The van der Waals surface area contributed by atoms with Crippen LogP contribution >= 0.6 is 0 Å². The number of rotatable bonds is 8. The van der Waals surface area contributed by atoms with Crippen LogP contribution in [0.1, 0.15) is 41.4 Å². The summed E-state index contributed by atoms with van der Waals surface area (Å²) in [5, 5.41) is 0. The average Bonchev–Trinajstić information content (AvgIpc) is 3.54. The zero-order valence-corrected chi connectivity index (χ0v) is 21.0. The predicted octanol–water partition coefficient (Wildman–Crippen LogP) is 4.70. The second-order valence-electron chi connectivity index (χ2n) is 10.1. The van der Waals surface area contributed by atoms with Crippen molar-refractivity contribution in [3.05, 3.63) is 108 Å². The summed E-state index contributed by atoms with van der Waals surface area (Å²) in [6.07, 6.45) is 1.78. The number of benzene rings is 3. The predicted molar refractivity (Wildman–Crippen MR) is 141 cm³/mol. The van der Waals surface area contributed by atoms with E-state index in [1.165, 1.54) is 19.1 Å². The van der Waals surface area contributed by atoms with Crippen molar-refractivity contribution >= 4 is 11.9 Å². The molecule has 1 amide bonds. The van der Waals surface area contributed by atoms with Gasteiger partial charge in [-0.1, -0.05) is 91.0 Å². The molecule has 4 atom stereocenters. The molecule has 5 heteroatoms. The summed E-state index contributed by atoms with van der Waals surface area (Å²) < 4.78 is 5.15. The molecule has 0 radical (unpaired) electrons. The Labute approximate surface area is 213 Å². The van der Waals surface area contributed by atoms with E-state index < -0.39 is 12.0 Å². The van der Waals surface area contributed by atoms with Crippen LogP contribution in [-0.2, 0) is 14.3 Å². The minimum atomic E-state index is -0.575. The fourth-order valence-corrected chi connectivity index (χ4v) is 5.75. The van der Waals surface area contributed by atoms with Crippen molar-refractivity contribution in [2.45, 2.75) is 36.8 Å². The summed E-state index contributed by atoms with van der Waals surface area (Å²) in [7, 11) is 3.53. The molecule has 0 spiro atoms. The third kappa shape index (κ3) is 5.07. The Kier molecular flexibility index (Phi) is 7.19. The first-order valence-electron chi connectivity index (χ1n) is 12.8. The number of hydrogen-bond acceptors (Lipinski definition) is 4. The maximum atomic E-state index is 14.1. The normalized spacial score (nSPS) is 23.2. The van der Waals surface area contributed by atoms with Crippen LogP contribution in [0.25, 0.3) is 0 Å². The number of methoxy groups -OCH3 is 1. The molecule has 3 aromatic rings. The second kappa shape index (κ2) is 10.7. The van der Waals surface area contributed by atoms with E-state index in [2.05, 4.69) is 42.3 Å². The smallest absolute Gasteiger partial charge is 0.328 e. The van der Waals surface area contributed by atoms with Gasteiger partial charge in [-0.2, -0.15) is 0 Å². The standard InChI is InChI=1S/C31H34N2O3/c1-32(20-25-18-27(25)22-12-6-3-7-13-22)26-19-28(31(35)36-2)33(21-26)30(34)29(23-14-8-4-9-15-23)24-16-10-5-11-17-24/h3-17,25-29H,18-21H2,1-2H3. The van der Waals surface area contributed by atoms with Crippen LogP contribution in [0.2, 0.25) is 0 Å². The Balaban J connectivity index is 1.34. The molecule has 0 aromatic heterocycles. The van der Waals surface area contributed by atoms with Crippen molar-refractivity contribution < 1.29 is 14.3 Å². The number of likely N-dealkylation sites (tertiary alicyclic amines) is 1. The number of esters is 1. The first kappa shape index (κ1) is 24.3. The highest BCUT2D eigenvalue weighted by Crippen LogP contribution is 2.48. The Bertz CT molecular complexity index is 1130. The molecule has 0 bridgehead atoms. The summed E-state index contributed by atoms with van der Waals surface area (Å²) in [6.45, 7) is 1.48. The molecule has 36 heavy (non-hydrogen) atoms. The molecule has 1 heterocycles. The third-order valence-corrected chi connectivity index (χ3v) is 7.84. The minimum Gasteiger partial charge on any atom is -0.467 e. The molecule has 3 aromatic carbocycles. The second-order valence-corrected chi connectivity index (χ2v) is 10.1. The maximum absolute atomic E-state index is 14.1. The van der Waals surface area contributed by atoms with Gasteiger partial charge in [-0.25, -0.2) is 4.79 Å². The van der Waals surface area contributed by atoms with Crippen LogP contribution in [0.15, 0.2) is 91.0 Å². The summed E-state index contributed by atoms with van der Waals surface area (Å²) in [6, 6.07) is 29.9. The van der Waals surface area contributed by atoms with Crippen LogP contribution in [0.5, 0.6) is 0 Å². The van der Waals surface area contributed by atoms with Gasteiger partial charge in [0.15, 0.2) is 0 Å². The fraction of sp³-hybridized carbons (Fsp3) is 0.355. The van der Waals surface area contributed by atoms with Gasteiger partial charge in [-0.05, 0) is 48.4 Å². The van der Waals surface area contributed by atoms with Crippen LogP contribution < -0.4 is 0 Å². The van der Waals surface area contributed by atoms with Crippen LogP contribution in [0.3, 0.4) is 0 Å². The van der Waals surface area contributed by atoms with Gasteiger partial charge in [0.05, 0.1) is 13.0 Å². The number of carbonyl (C=O) groups is 2. The first-order valence-corrected chi connectivity index (χ1v) is 12.8. The SMILES string of the molecule is COC(=O)C1CC(N(C)CC2CC2c2ccccc2)CN1C(=O)C(c1ccccc1)c1ccccc1. The molecule has 1 aliphatic carbocycles. The summed E-state index contributed by atoms with van der Waals surface area (Å²) in [5.41, 5.74) is 3.26. The van der Waals surface area contributed by atoms with E-state index in [1.54, 1.807) is 4.90 Å². The van der Waals surface area contributed by atoms with Crippen molar-refractivity contribution in [3.8, 4) is 0 Å². The molecular formula is C31H34N2O3. The number of nitrogens with zero attached hydrogens (tertiary/aromatic N) is 2. The molecule has 0 N–H and O–H groups in total. The zero-order valence-electron chi connectivity index (χ0n) is 21.0. The lowest BCUT2D eigenvalue weighted by Gasteiger charge is -2.29. The van der Waals surface area contributed by atoms with E-state index in [4.69, 9.17) is 4.74 Å². The van der Waals surface area contributed by atoms with Gasteiger partial charge in [-0.3, -0.25) is 4.79 Å². The first-order chi connectivity index (χ1) is 17.6. The fourth-order valence-electron chi connectivity index (χ4n) is 5.75. The van der Waals surface area contributed by atoms with Crippen LogP contribution in [0.4, 0.5) is 0 Å². The third-order valence-electron chi connectivity index (χ3n) is 7.84. The van der Waals surface area contributed by atoms with Gasteiger partial charge in [0.1, 0.15) is 6.04 Å². The number of amides is 1. The average molecular weight is 483 g/mol. The minimum absolute atomic E-state index is 0.0488. The summed E-state index contributed by atoms with van der Waals surface area (Å²) >= 11 is 0. The van der Waals surface area contributed by atoms with Gasteiger partial charge < -0.3 is 14.5 Å². The molecule has 2 aliphatic rings. The topological polar surface area (TPSA) is 49.9 Å².